The number of aromatic nitrogens is 4. The van der Waals surface area contributed by atoms with Gasteiger partial charge in [0.05, 0.1) is 5.52 Å². The predicted octanol–water partition coefficient (Wildman–Crippen LogP) is 3.32. The highest BCUT2D eigenvalue weighted by molar-refractivity contribution is 6.03. The van der Waals surface area contributed by atoms with Crippen LogP contribution in [0, 0.1) is 0 Å². The van der Waals surface area contributed by atoms with Crippen LogP contribution in [0.5, 0.6) is 0 Å². The minimum atomic E-state index is -0.268. The lowest BCUT2D eigenvalue weighted by Gasteiger charge is -2.04. The molecule has 3 aromatic heterocycles. The quantitative estimate of drug-likeness (QED) is 0.603. The molecule has 6 nitrogen and oxygen atoms in total. The summed E-state index contributed by atoms with van der Waals surface area (Å²) in [6.45, 7) is 0.730. The van der Waals surface area contributed by atoms with Crippen LogP contribution in [-0.4, -0.2) is 25.7 Å². The van der Waals surface area contributed by atoms with Crippen molar-refractivity contribution in [1.82, 2.24) is 19.7 Å². The number of hydrogen-bond donors (Lipinski definition) is 1. The molecule has 6 heteroatoms. The van der Waals surface area contributed by atoms with E-state index in [9.17, 15) is 4.79 Å². The third-order valence-electron chi connectivity index (χ3n) is 4.09. The number of carbonyl (C=O) groups excluding carboxylic acids is 1. The van der Waals surface area contributed by atoms with Crippen LogP contribution in [0.1, 0.15) is 16.1 Å². The number of aryl methyl sites for hydroxylation is 2. The van der Waals surface area contributed by atoms with Crippen LogP contribution in [0.3, 0.4) is 0 Å². The highest BCUT2D eigenvalue weighted by Gasteiger charge is 2.10. The van der Waals surface area contributed by atoms with E-state index in [-0.39, 0.29) is 5.91 Å². The minimum Gasteiger partial charge on any atom is -0.304 e. The summed E-state index contributed by atoms with van der Waals surface area (Å²) < 4.78 is 1.81. The Bertz CT molecular complexity index is 1040. The molecule has 128 valence electrons. The van der Waals surface area contributed by atoms with Crippen LogP contribution >= 0.6 is 0 Å². The van der Waals surface area contributed by atoms with Crippen LogP contribution in [0.2, 0.25) is 0 Å². The summed E-state index contributed by atoms with van der Waals surface area (Å²) in [5.41, 5.74) is 2.36. The van der Waals surface area contributed by atoms with Crippen LogP contribution in [0.15, 0.2) is 73.2 Å². The van der Waals surface area contributed by atoms with Gasteiger partial charge in [0.2, 0.25) is 0 Å². The van der Waals surface area contributed by atoms with Gasteiger partial charge in [0.15, 0.2) is 5.82 Å². The number of carbonyl (C=O) groups is 1. The van der Waals surface area contributed by atoms with E-state index in [0.29, 0.717) is 11.5 Å². The van der Waals surface area contributed by atoms with Gasteiger partial charge >= 0.3 is 0 Å². The lowest BCUT2D eigenvalue weighted by molar-refractivity contribution is 0.102. The Labute approximate surface area is 150 Å². The maximum absolute atomic E-state index is 12.4. The van der Waals surface area contributed by atoms with Gasteiger partial charge in [0, 0.05) is 36.6 Å². The number of hydrogen-bond acceptors (Lipinski definition) is 4. The molecule has 1 N–H and O–H groups in total. The molecule has 1 amide bonds. The fourth-order valence-corrected chi connectivity index (χ4v) is 2.72. The topological polar surface area (TPSA) is 72.7 Å². The fourth-order valence-electron chi connectivity index (χ4n) is 2.72. The molecule has 0 aliphatic carbocycles. The smallest absolute Gasteiger partial charge is 0.275 e. The van der Waals surface area contributed by atoms with E-state index in [0.717, 1.165) is 23.9 Å². The highest BCUT2D eigenvalue weighted by Crippen LogP contribution is 2.13. The molecule has 0 fully saturated rings. The summed E-state index contributed by atoms with van der Waals surface area (Å²) >= 11 is 0. The molecule has 1 aromatic carbocycles. The molecule has 0 saturated carbocycles. The Hall–Kier alpha value is -3.54. The van der Waals surface area contributed by atoms with E-state index in [1.807, 2.05) is 53.3 Å². The van der Waals surface area contributed by atoms with Gasteiger partial charge in [-0.15, -0.1) is 0 Å². The van der Waals surface area contributed by atoms with E-state index in [1.165, 1.54) is 5.56 Å². The first kappa shape index (κ1) is 16.0. The zero-order chi connectivity index (χ0) is 17.8. The van der Waals surface area contributed by atoms with Crippen molar-refractivity contribution in [3.05, 3.63) is 84.4 Å². The van der Waals surface area contributed by atoms with Crippen molar-refractivity contribution in [2.75, 3.05) is 5.32 Å². The third kappa shape index (κ3) is 3.59. The van der Waals surface area contributed by atoms with Crippen molar-refractivity contribution in [1.29, 1.82) is 0 Å². The van der Waals surface area contributed by atoms with Gasteiger partial charge in [0.25, 0.3) is 5.91 Å². The van der Waals surface area contributed by atoms with Crippen LogP contribution < -0.4 is 5.32 Å². The average molecular weight is 343 g/mol. The molecule has 0 spiro atoms. The second-order valence-electron chi connectivity index (χ2n) is 5.91. The van der Waals surface area contributed by atoms with Crippen molar-refractivity contribution < 1.29 is 4.79 Å². The number of fused-ring (bicyclic) bond motifs is 1. The second kappa shape index (κ2) is 7.14. The maximum Gasteiger partial charge on any atom is 0.275 e. The maximum atomic E-state index is 12.4. The summed E-state index contributed by atoms with van der Waals surface area (Å²) in [7, 11) is 0. The molecule has 0 radical (unpaired) electrons. The predicted molar refractivity (Wildman–Crippen MR) is 99.9 cm³/mol. The number of anilines is 1. The molecule has 0 saturated heterocycles. The summed E-state index contributed by atoms with van der Waals surface area (Å²) in [6, 6.07) is 17.1. The lowest BCUT2D eigenvalue weighted by atomic mass is 10.2. The molecule has 0 bridgehead atoms. The normalized spacial score (nSPS) is 10.8. The summed E-state index contributed by atoms with van der Waals surface area (Å²) in [5.74, 6) is 0.245. The van der Waals surface area contributed by atoms with Crippen LogP contribution in [0.25, 0.3) is 10.9 Å². The fraction of sp³-hybridized carbons (Fsp3) is 0.100. The minimum absolute atomic E-state index is 0.268. The molecular formula is C20H17N5O. The zero-order valence-corrected chi connectivity index (χ0v) is 14.0. The monoisotopic (exact) mass is 343 g/mol. The third-order valence-corrected chi connectivity index (χ3v) is 4.09. The molecule has 0 aliphatic rings. The van der Waals surface area contributed by atoms with E-state index >= 15 is 0 Å². The number of pyridine rings is 2. The number of benzene rings is 1. The van der Waals surface area contributed by atoms with Crippen LogP contribution in [-0.2, 0) is 13.0 Å². The number of rotatable bonds is 5. The number of nitrogens with one attached hydrogen (secondary N) is 1. The van der Waals surface area contributed by atoms with E-state index in [2.05, 4.69) is 20.4 Å². The van der Waals surface area contributed by atoms with Crippen LogP contribution in [0.4, 0.5) is 5.82 Å². The van der Waals surface area contributed by atoms with E-state index in [4.69, 9.17) is 0 Å². The molecule has 0 unspecified atom stereocenters. The molecular weight excluding hydrogens is 326 g/mol. The van der Waals surface area contributed by atoms with Gasteiger partial charge in [-0.1, -0.05) is 24.3 Å². The zero-order valence-electron chi connectivity index (χ0n) is 14.0. The Kier molecular flexibility index (Phi) is 4.38. The molecule has 3 heterocycles. The van der Waals surface area contributed by atoms with E-state index < -0.39 is 0 Å². The Balaban J connectivity index is 1.42. The first-order valence-electron chi connectivity index (χ1n) is 8.37. The average Bonchev–Trinajstić information content (AvgIpc) is 3.14. The van der Waals surface area contributed by atoms with Crippen molar-refractivity contribution >= 4 is 22.6 Å². The Morgan fingerprint density at radius 2 is 1.85 bits per heavy atom. The van der Waals surface area contributed by atoms with Gasteiger partial charge < -0.3 is 5.32 Å². The van der Waals surface area contributed by atoms with Gasteiger partial charge in [-0.25, -0.2) is 4.98 Å². The van der Waals surface area contributed by atoms with Crippen molar-refractivity contribution in [2.24, 2.45) is 0 Å². The molecule has 4 rings (SSSR count). The van der Waals surface area contributed by atoms with Crippen molar-refractivity contribution in [3.63, 3.8) is 0 Å². The van der Waals surface area contributed by atoms with Gasteiger partial charge in [0.1, 0.15) is 5.69 Å². The first-order chi connectivity index (χ1) is 12.8. The van der Waals surface area contributed by atoms with Crippen molar-refractivity contribution in [3.8, 4) is 0 Å². The van der Waals surface area contributed by atoms with Gasteiger partial charge in [-0.2, -0.15) is 5.10 Å². The second-order valence-corrected chi connectivity index (χ2v) is 5.91. The highest BCUT2D eigenvalue weighted by atomic mass is 16.1. The molecule has 4 aromatic rings. The van der Waals surface area contributed by atoms with Gasteiger partial charge in [-0.05, 0) is 36.2 Å². The number of amides is 1. The summed E-state index contributed by atoms with van der Waals surface area (Å²) in [5, 5.41) is 8.20. The molecule has 26 heavy (non-hydrogen) atoms. The molecule has 0 atom stereocenters. The molecule has 0 aliphatic heterocycles. The summed E-state index contributed by atoms with van der Waals surface area (Å²) in [6.07, 6.45) is 6.26. The Morgan fingerprint density at radius 1 is 1.00 bits per heavy atom. The van der Waals surface area contributed by atoms with Crippen molar-refractivity contribution in [2.45, 2.75) is 13.0 Å². The lowest BCUT2D eigenvalue weighted by Crippen LogP contribution is -2.14. The first-order valence-corrected chi connectivity index (χ1v) is 8.37. The summed E-state index contributed by atoms with van der Waals surface area (Å²) in [4.78, 5) is 20.8. The largest absolute Gasteiger partial charge is 0.304 e. The standard InChI is InChI=1S/C20H17N5O/c26-20(18-6-5-16-3-1-2-4-17(16)22-18)23-19-10-14-25(24-19)13-9-15-7-11-21-12-8-15/h1-8,10-12,14H,9,13H2,(H,23,24,26). The number of nitrogens with zero attached hydrogens (tertiary/aromatic N) is 4. The Morgan fingerprint density at radius 3 is 2.73 bits per heavy atom. The SMILES string of the molecule is O=C(Nc1ccn(CCc2ccncc2)n1)c1ccc2ccccc2n1. The number of para-hydroxylation sites is 1. The van der Waals surface area contributed by atoms with E-state index in [1.54, 1.807) is 24.5 Å². The van der Waals surface area contributed by atoms with Gasteiger partial charge in [-0.3, -0.25) is 14.5 Å².